The van der Waals surface area contributed by atoms with Gasteiger partial charge in [0.25, 0.3) is 0 Å². The molecule has 0 aliphatic carbocycles. The first-order valence-corrected chi connectivity index (χ1v) is 23.7. The van der Waals surface area contributed by atoms with Crippen LogP contribution in [0.3, 0.4) is 0 Å². The number of carbonyl (C=O) groups is 4. The van der Waals surface area contributed by atoms with Gasteiger partial charge in [-0.05, 0) is 38.0 Å². The first-order valence-electron chi connectivity index (χ1n) is 23.7. The first-order chi connectivity index (χ1) is 35.8. The predicted octanol–water partition coefficient (Wildman–Crippen LogP) is -3.78. The van der Waals surface area contributed by atoms with Gasteiger partial charge in [0.1, 0.15) is 79.5 Å². The van der Waals surface area contributed by atoms with Crippen molar-refractivity contribution in [1.82, 2.24) is 0 Å². The number of hydrogen-bond donors (Lipinski definition) is 11. The van der Waals surface area contributed by atoms with Crippen LogP contribution in [0.1, 0.15) is 32.3 Å². The number of rotatable bonds is 19. The summed E-state index contributed by atoms with van der Waals surface area (Å²) in [6.07, 6.45) is -25.2. The molecule has 0 spiro atoms. The third kappa shape index (κ3) is 13.7. The zero-order chi connectivity index (χ0) is 54.8. The zero-order valence-corrected chi connectivity index (χ0v) is 41.0. The van der Waals surface area contributed by atoms with Gasteiger partial charge in [0.2, 0.25) is 12.6 Å². The van der Waals surface area contributed by atoms with Crippen LogP contribution in [-0.2, 0) is 82.4 Å². The topological polar surface area (TPSA) is 402 Å². The lowest BCUT2D eigenvalue weighted by molar-refractivity contribution is -0.327. The number of carbonyl (C=O) groups excluding carboxylic acids is 4. The minimum atomic E-state index is -2.00. The molecule has 27 heteroatoms. The summed E-state index contributed by atoms with van der Waals surface area (Å²) in [7, 11) is 2.14. The van der Waals surface area contributed by atoms with E-state index in [2.05, 4.69) is 0 Å². The van der Waals surface area contributed by atoms with Gasteiger partial charge in [-0.2, -0.15) is 0 Å². The zero-order valence-electron chi connectivity index (χ0n) is 41.0. The molecule has 0 aromatic heterocycles. The van der Waals surface area contributed by atoms with Gasteiger partial charge in [-0.1, -0.05) is 24.3 Å². The van der Waals surface area contributed by atoms with Crippen molar-refractivity contribution in [3.63, 3.8) is 0 Å². The lowest BCUT2D eigenvalue weighted by Gasteiger charge is -2.42. The summed E-state index contributed by atoms with van der Waals surface area (Å²) >= 11 is 0. The van der Waals surface area contributed by atoms with Crippen molar-refractivity contribution < 1.29 is 132 Å². The number of allylic oxidation sites excluding steroid dienone is 2. The van der Waals surface area contributed by atoms with Crippen molar-refractivity contribution in [2.45, 2.75) is 138 Å². The van der Waals surface area contributed by atoms with Crippen molar-refractivity contribution in [2.24, 2.45) is 11.8 Å². The van der Waals surface area contributed by atoms with Crippen LogP contribution in [0.2, 0.25) is 0 Å². The molecule has 19 atom stereocenters. The number of methoxy groups -OCH3 is 2. The van der Waals surface area contributed by atoms with Gasteiger partial charge in [-0.3, -0.25) is 9.59 Å². The Morgan fingerprint density at radius 1 is 0.587 bits per heavy atom. The second kappa shape index (κ2) is 26.7. The fourth-order valence-corrected chi connectivity index (χ4v) is 8.88. The summed E-state index contributed by atoms with van der Waals surface area (Å²) in [4.78, 5) is 53.6. The maximum atomic E-state index is 14.0. The van der Waals surface area contributed by atoms with E-state index in [4.69, 9.17) is 56.8 Å². The molecule has 3 saturated heterocycles. The van der Waals surface area contributed by atoms with Gasteiger partial charge < -0.3 is 113 Å². The number of hydrogen-bond acceptors (Lipinski definition) is 27. The SMILES string of the molecule is CC=C1C(O[C@@H]2O[C@H](CO)[C@@H](O)[C@H](O)[C@H]2O)OC=C(C(=O)OC)C1CC(=O)OC[C@H]1O[C@@H](OCCc2ccc(O)cc2)[C@H](OC(=O)CC2C(C(=O)OC)=COC(O[C@@H]3O[C@H](CO)[C@@H](O)[C@H](O)[C@H]3O)C2=CC)[C@@H](O)[C@@H]1O. The van der Waals surface area contributed by atoms with Crippen LogP contribution in [0.15, 0.2) is 71.2 Å². The molecule has 1 aromatic rings. The van der Waals surface area contributed by atoms with Gasteiger partial charge in [-0.15, -0.1) is 0 Å². The van der Waals surface area contributed by atoms with Crippen LogP contribution >= 0.6 is 0 Å². The summed E-state index contributed by atoms with van der Waals surface area (Å²) in [5.74, 6) is -6.43. The van der Waals surface area contributed by atoms with Crippen molar-refractivity contribution in [3.05, 3.63) is 76.8 Å². The van der Waals surface area contributed by atoms with Crippen LogP contribution in [0.5, 0.6) is 5.75 Å². The number of phenols is 1. The van der Waals surface area contributed by atoms with Gasteiger partial charge in [0, 0.05) is 23.0 Å². The van der Waals surface area contributed by atoms with Crippen LogP contribution in [0, 0.1) is 11.8 Å². The minimum absolute atomic E-state index is 0.00290. The molecule has 5 aliphatic rings. The smallest absolute Gasteiger partial charge is 0.337 e. The molecule has 5 aliphatic heterocycles. The first kappa shape index (κ1) is 59.1. The number of aliphatic hydroxyl groups is 10. The Morgan fingerprint density at radius 3 is 1.49 bits per heavy atom. The Labute approximate surface area is 428 Å². The van der Waals surface area contributed by atoms with Crippen LogP contribution in [-0.4, -0.2) is 225 Å². The largest absolute Gasteiger partial charge is 0.508 e. The maximum absolute atomic E-state index is 14.0. The Balaban J connectivity index is 1.17. The van der Waals surface area contributed by atoms with Gasteiger partial charge in [0.15, 0.2) is 25.0 Å². The number of benzene rings is 1. The van der Waals surface area contributed by atoms with Crippen LogP contribution < -0.4 is 0 Å². The average molecular weight is 1070 g/mol. The molecule has 1 aromatic carbocycles. The monoisotopic (exact) mass is 1070 g/mol. The quantitative estimate of drug-likeness (QED) is 0.0360. The van der Waals surface area contributed by atoms with Gasteiger partial charge in [0.05, 0.1) is 70.6 Å². The van der Waals surface area contributed by atoms with E-state index in [0.29, 0.717) is 5.56 Å². The lowest BCUT2D eigenvalue weighted by atomic mass is 9.86. The van der Waals surface area contributed by atoms with E-state index in [1.165, 1.54) is 38.1 Å². The highest BCUT2D eigenvalue weighted by Crippen LogP contribution is 2.39. The second-order valence-corrected chi connectivity index (χ2v) is 17.8. The number of phenolic OH excluding ortho intramolecular Hbond substituents is 1. The molecule has 3 fully saturated rings. The van der Waals surface area contributed by atoms with Crippen molar-refractivity contribution in [2.75, 3.05) is 40.6 Å². The molecule has 5 heterocycles. The summed E-state index contributed by atoms with van der Waals surface area (Å²) in [6, 6.07) is 6.08. The van der Waals surface area contributed by atoms with Gasteiger partial charge in [-0.25, -0.2) is 9.59 Å². The Bertz CT molecular complexity index is 2230. The highest BCUT2D eigenvalue weighted by atomic mass is 16.8. The number of esters is 4. The molecule has 0 bridgehead atoms. The van der Waals surface area contributed by atoms with Gasteiger partial charge >= 0.3 is 23.9 Å². The summed E-state index contributed by atoms with van der Waals surface area (Å²) in [5, 5.41) is 114. The normalized spacial score (nSPS) is 37.1. The second-order valence-electron chi connectivity index (χ2n) is 17.8. The molecular formula is C48H64O27. The highest BCUT2D eigenvalue weighted by molar-refractivity contribution is 5.91. The molecule has 27 nitrogen and oxygen atoms in total. The van der Waals surface area contributed by atoms with Crippen LogP contribution in [0.4, 0.5) is 0 Å². The van der Waals surface area contributed by atoms with E-state index in [1.54, 1.807) is 12.1 Å². The lowest BCUT2D eigenvalue weighted by Crippen LogP contribution is -2.61. The molecule has 11 N–H and O–H groups in total. The minimum Gasteiger partial charge on any atom is -0.508 e. The Morgan fingerprint density at radius 2 is 1.04 bits per heavy atom. The molecule has 0 radical (unpaired) electrons. The molecule has 4 unspecified atom stereocenters. The molecule has 0 saturated carbocycles. The van der Waals surface area contributed by atoms with Crippen LogP contribution in [0.25, 0.3) is 0 Å². The highest BCUT2D eigenvalue weighted by Gasteiger charge is 2.51. The van der Waals surface area contributed by atoms with Crippen molar-refractivity contribution in [1.29, 1.82) is 0 Å². The number of ether oxygens (including phenoxy) is 12. The molecule has 0 amide bonds. The molecule has 418 valence electrons. The molecular weight excluding hydrogens is 1010 g/mol. The fourth-order valence-electron chi connectivity index (χ4n) is 8.88. The summed E-state index contributed by atoms with van der Waals surface area (Å²) in [5.41, 5.74) is 0.466. The standard InChI is InChI=1S/C48H64O27/c1-5-22-24(26(42(62)64-3)17-68-44(22)74-46-39(60)36(57)33(54)28(15-49)70-46)13-31(52)67-19-30-35(56)38(59)41(48(72-30)66-12-11-20-7-9-21(51)10-8-20)73-32(53)14-25-23(6-2)45(69-18-27(25)43(63)65-4)75-47-40(61)37(58)34(55)29(16-50)71-47/h5-10,17-18,24-25,28-30,33-41,44-51,54-61H,11-16,19H2,1-4H3/t24?,25?,28-,29-,30-,33-,34-,35-,36+,37+,38+,39-,40-,41-,44?,45?,46+,47+,48-/m1/s1. The summed E-state index contributed by atoms with van der Waals surface area (Å²) < 4.78 is 66.8. The number of aliphatic hydroxyl groups excluding tert-OH is 10. The fraction of sp³-hybridized carbons (Fsp3) is 0.625. The van der Waals surface area contributed by atoms with E-state index in [0.717, 1.165) is 26.7 Å². The maximum Gasteiger partial charge on any atom is 0.337 e. The van der Waals surface area contributed by atoms with E-state index in [-0.39, 0.29) is 41.1 Å². The Kier molecular flexibility index (Phi) is 21.1. The third-order valence-corrected chi connectivity index (χ3v) is 13.1. The average Bonchev–Trinajstić information content (AvgIpc) is 3.40. The molecule has 75 heavy (non-hydrogen) atoms. The Hall–Kier alpha value is -5.18. The van der Waals surface area contributed by atoms with E-state index < -0.39 is 173 Å². The van der Waals surface area contributed by atoms with E-state index >= 15 is 0 Å². The van der Waals surface area contributed by atoms with Crippen molar-refractivity contribution >= 4 is 23.9 Å². The van der Waals surface area contributed by atoms with E-state index in [9.17, 15) is 75.3 Å². The van der Waals surface area contributed by atoms with Crippen molar-refractivity contribution in [3.8, 4) is 5.75 Å². The predicted molar refractivity (Wildman–Crippen MR) is 243 cm³/mol. The van der Waals surface area contributed by atoms with E-state index in [1.807, 2.05) is 0 Å². The summed E-state index contributed by atoms with van der Waals surface area (Å²) in [6.45, 7) is 0.552. The third-order valence-electron chi connectivity index (χ3n) is 13.1. The number of aromatic hydroxyl groups is 1. The molecule has 6 rings (SSSR count).